The monoisotopic (exact) mass is 374 g/mol. The average molecular weight is 374 g/mol. The summed E-state index contributed by atoms with van der Waals surface area (Å²) < 4.78 is 23.2. The summed E-state index contributed by atoms with van der Waals surface area (Å²) in [7, 11) is -1.41. The zero-order chi connectivity index (χ0) is 18.6. The van der Waals surface area contributed by atoms with Crippen LogP contribution in [0.2, 0.25) is 0 Å². The summed E-state index contributed by atoms with van der Waals surface area (Å²) in [5.41, 5.74) is 1.57. The number of hydrogen-bond donors (Lipinski definition) is 1. The number of carbonyl (C=O) groups excluding carboxylic acids is 1. The Morgan fingerprint density at radius 3 is 2.54 bits per heavy atom. The van der Waals surface area contributed by atoms with Crippen molar-refractivity contribution in [3.63, 3.8) is 0 Å². The van der Waals surface area contributed by atoms with E-state index in [0.717, 1.165) is 6.42 Å². The summed E-state index contributed by atoms with van der Waals surface area (Å²) in [6.45, 7) is 0.692. The molecule has 7 nitrogen and oxygen atoms in total. The van der Waals surface area contributed by atoms with Crippen molar-refractivity contribution >= 4 is 21.7 Å². The van der Waals surface area contributed by atoms with E-state index in [-0.39, 0.29) is 23.5 Å². The molecule has 2 aromatic rings. The van der Waals surface area contributed by atoms with Crippen molar-refractivity contribution in [1.82, 2.24) is 14.9 Å². The van der Waals surface area contributed by atoms with Crippen LogP contribution < -0.4 is 5.32 Å². The number of benzene rings is 1. The summed E-state index contributed by atoms with van der Waals surface area (Å²) in [5, 5.41) is 3.13. The van der Waals surface area contributed by atoms with E-state index < -0.39 is 9.84 Å². The molecule has 8 heteroatoms. The van der Waals surface area contributed by atoms with Gasteiger partial charge in [-0.3, -0.25) is 4.79 Å². The molecule has 0 radical (unpaired) electrons. The lowest BCUT2D eigenvalue weighted by atomic mass is 10.1. The predicted molar refractivity (Wildman–Crippen MR) is 99.8 cm³/mol. The van der Waals surface area contributed by atoms with Crippen LogP contribution in [0, 0.1) is 0 Å². The minimum absolute atomic E-state index is 0.0230. The number of hydrogen-bond acceptors (Lipinski definition) is 6. The molecule has 1 unspecified atom stereocenters. The lowest BCUT2D eigenvalue weighted by Gasteiger charge is -2.23. The fraction of sp³-hybridized carbons (Fsp3) is 0.389. The third-order valence-electron chi connectivity index (χ3n) is 4.51. The van der Waals surface area contributed by atoms with E-state index in [1.807, 2.05) is 18.2 Å². The first-order valence-electron chi connectivity index (χ1n) is 8.52. The highest BCUT2D eigenvalue weighted by Gasteiger charge is 2.33. The first kappa shape index (κ1) is 18.3. The van der Waals surface area contributed by atoms with Crippen LogP contribution in [0.4, 0.5) is 5.95 Å². The second-order valence-corrected chi connectivity index (χ2v) is 8.66. The molecule has 1 aromatic carbocycles. The summed E-state index contributed by atoms with van der Waals surface area (Å²) in [4.78, 5) is 22.3. The number of sulfone groups is 1. The van der Waals surface area contributed by atoms with Gasteiger partial charge in [0.15, 0.2) is 9.84 Å². The number of anilines is 1. The molecule has 26 heavy (non-hydrogen) atoms. The number of aromatic nitrogens is 2. The highest BCUT2D eigenvalue weighted by Crippen LogP contribution is 2.18. The van der Waals surface area contributed by atoms with Gasteiger partial charge in [-0.25, -0.2) is 18.4 Å². The number of rotatable bonds is 6. The van der Waals surface area contributed by atoms with Gasteiger partial charge in [-0.1, -0.05) is 30.3 Å². The van der Waals surface area contributed by atoms with E-state index in [4.69, 9.17) is 0 Å². The third kappa shape index (κ3) is 4.57. The topological polar surface area (TPSA) is 92.3 Å². The van der Waals surface area contributed by atoms with Crippen molar-refractivity contribution in [1.29, 1.82) is 0 Å². The second-order valence-electron chi connectivity index (χ2n) is 6.43. The highest BCUT2D eigenvalue weighted by atomic mass is 32.2. The third-order valence-corrected chi connectivity index (χ3v) is 6.27. The fourth-order valence-electron chi connectivity index (χ4n) is 2.94. The number of nitrogens with one attached hydrogen (secondary N) is 1. The van der Waals surface area contributed by atoms with E-state index in [2.05, 4.69) is 27.4 Å². The van der Waals surface area contributed by atoms with Crippen LogP contribution in [-0.2, 0) is 16.3 Å². The molecular formula is C18H22N4O3S. The number of carbonyl (C=O) groups is 1. The van der Waals surface area contributed by atoms with Crippen LogP contribution in [0.3, 0.4) is 0 Å². The first-order chi connectivity index (χ1) is 12.4. The van der Waals surface area contributed by atoms with Crippen LogP contribution in [-0.4, -0.2) is 60.3 Å². The maximum Gasteiger partial charge on any atom is 0.257 e. The van der Waals surface area contributed by atoms with Gasteiger partial charge in [-0.05, 0) is 18.4 Å². The van der Waals surface area contributed by atoms with Crippen molar-refractivity contribution in [3.8, 4) is 0 Å². The number of nitrogens with zero attached hydrogens (tertiary/aromatic N) is 3. The van der Waals surface area contributed by atoms with Gasteiger partial charge >= 0.3 is 0 Å². The van der Waals surface area contributed by atoms with Crippen molar-refractivity contribution in [2.45, 2.75) is 18.9 Å². The standard InChI is InChI=1S/C18H22N4O3S/c1-22(16-8-10-26(24,25)13-16)17(23)15-11-20-18(21-12-15)19-9-7-14-5-3-2-4-6-14/h2-6,11-12,16H,7-10,13H2,1H3,(H,19,20,21). The van der Waals surface area contributed by atoms with Crippen molar-refractivity contribution in [3.05, 3.63) is 53.9 Å². The van der Waals surface area contributed by atoms with Crippen molar-refractivity contribution in [2.75, 3.05) is 30.4 Å². The summed E-state index contributed by atoms with van der Waals surface area (Å²) >= 11 is 0. The van der Waals surface area contributed by atoms with Gasteiger partial charge in [0.1, 0.15) is 0 Å². The Bertz CT molecular complexity index is 854. The van der Waals surface area contributed by atoms with E-state index in [9.17, 15) is 13.2 Å². The molecule has 138 valence electrons. The maximum absolute atomic E-state index is 12.5. The van der Waals surface area contributed by atoms with Gasteiger partial charge < -0.3 is 10.2 Å². The Morgan fingerprint density at radius 1 is 1.23 bits per heavy atom. The van der Waals surface area contributed by atoms with Gasteiger partial charge in [-0.15, -0.1) is 0 Å². The SMILES string of the molecule is CN(C(=O)c1cnc(NCCc2ccccc2)nc1)C1CCS(=O)(=O)C1. The summed E-state index contributed by atoms with van der Waals surface area (Å²) in [6, 6.07) is 9.81. The van der Waals surface area contributed by atoms with Crippen molar-refractivity contribution in [2.24, 2.45) is 0 Å². The molecule has 0 bridgehead atoms. The molecule has 1 aliphatic rings. The Labute approximate surface area is 153 Å². The molecule has 1 saturated heterocycles. The first-order valence-corrected chi connectivity index (χ1v) is 10.3. The number of amides is 1. The van der Waals surface area contributed by atoms with Gasteiger partial charge in [0.05, 0.1) is 17.1 Å². The van der Waals surface area contributed by atoms with E-state index in [1.54, 1.807) is 7.05 Å². The molecule has 1 fully saturated rings. The molecule has 0 saturated carbocycles. The molecule has 1 atom stereocenters. The minimum atomic E-state index is -3.03. The quantitative estimate of drug-likeness (QED) is 0.821. The van der Waals surface area contributed by atoms with E-state index in [0.29, 0.717) is 24.5 Å². The molecule has 1 N–H and O–H groups in total. The Morgan fingerprint density at radius 2 is 1.92 bits per heavy atom. The lowest BCUT2D eigenvalue weighted by Crippen LogP contribution is -2.37. The van der Waals surface area contributed by atoms with Gasteiger partial charge in [-0.2, -0.15) is 0 Å². The molecule has 0 aliphatic carbocycles. The van der Waals surface area contributed by atoms with Crippen LogP contribution >= 0.6 is 0 Å². The van der Waals surface area contributed by atoms with Gasteiger partial charge in [0, 0.05) is 32.0 Å². The zero-order valence-electron chi connectivity index (χ0n) is 14.6. The zero-order valence-corrected chi connectivity index (χ0v) is 15.4. The minimum Gasteiger partial charge on any atom is -0.354 e. The summed E-state index contributed by atoms with van der Waals surface area (Å²) in [5.74, 6) is 0.358. The van der Waals surface area contributed by atoms with Crippen LogP contribution in [0.1, 0.15) is 22.3 Å². The summed E-state index contributed by atoms with van der Waals surface area (Å²) in [6.07, 6.45) is 4.27. The molecular weight excluding hydrogens is 352 g/mol. The normalized spacial score (nSPS) is 18.4. The molecule has 1 amide bonds. The van der Waals surface area contributed by atoms with Gasteiger partial charge in [0.25, 0.3) is 5.91 Å². The molecule has 1 aromatic heterocycles. The van der Waals surface area contributed by atoms with Gasteiger partial charge in [0.2, 0.25) is 5.95 Å². The fourth-order valence-corrected chi connectivity index (χ4v) is 4.72. The van der Waals surface area contributed by atoms with Crippen LogP contribution in [0.5, 0.6) is 0 Å². The molecule has 2 heterocycles. The smallest absolute Gasteiger partial charge is 0.257 e. The van der Waals surface area contributed by atoms with Crippen LogP contribution in [0.15, 0.2) is 42.7 Å². The van der Waals surface area contributed by atoms with E-state index >= 15 is 0 Å². The van der Waals surface area contributed by atoms with E-state index in [1.165, 1.54) is 22.9 Å². The predicted octanol–water partition coefficient (Wildman–Crippen LogP) is 1.39. The maximum atomic E-state index is 12.5. The molecule has 3 rings (SSSR count). The molecule has 0 spiro atoms. The lowest BCUT2D eigenvalue weighted by molar-refractivity contribution is 0.0747. The second kappa shape index (κ2) is 7.82. The van der Waals surface area contributed by atoms with Crippen molar-refractivity contribution < 1.29 is 13.2 Å². The Kier molecular flexibility index (Phi) is 5.51. The average Bonchev–Trinajstić information content (AvgIpc) is 3.02. The Hall–Kier alpha value is -2.48. The molecule has 1 aliphatic heterocycles. The van der Waals surface area contributed by atoms with Crippen LogP contribution in [0.25, 0.3) is 0 Å². The largest absolute Gasteiger partial charge is 0.354 e. The Balaban J connectivity index is 1.54. The highest BCUT2D eigenvalue weighted by molar-refractivity contribution is 7.91.